The van der Waals surface area contributed by atoms with Gasteiger partial charge in [-0.2, -0.15) is 0 Å². The zero-order chi connectivity index (χ0) is 11.6. The first-order valence-electron chi connectivity index (χ1n) is 5.08. The molecule has 1 atom stereocenters. The number of amides is 1. The summed E-state index contributed by atoms with van der Waals surface area (Å²) < 4.78 is 0. The Labute approximate surface area is 89.6 Å². The van der Waals surface area contributed by atoms with Crippen LogP contribution < -0.4 is 0 Å². The molecule has 1 aliphatic rings. The molecule has 0 aliphatic carbocycles. The van der Waals surface area contributed by atoms with Crippen LogP contribution in [0.1, 0.15) is 20.8 Å². The van der Waals surface area contributed by atoms with Gasteiger partial charge >= 0.3 is 5.97 Å². The van der Waals surface area contributed by atoms with Crippen molar-refractivity contribution in [2.24, 2.45) is 11.8 Å². The van der Waals surface area contributed by atoms with Crippen LogP contribution in [0.4, 0.5) is 0 Å². The van der Waals surface area contributed by atoms with Gasteiger partial charge in [-0.3, -0.25) is 9.59 Å². The van der Waals surface area contributed by atoms with Crippen LogP contribution in [0.25, 0.3) is 0 Å². The summed E-state index contributed by atoms with van der Waals surface area (Å²) in [4.78, 5) is 23.8. The van der Waals surface area contributed by atoms with E-state index in [1.807, 2.05) is 13.8 Å². The second-order valence-corrected chi connectivity index (χ2v) is 4.35. The van der Waals surface area contributed by atoms with Crippen LogP contribution in [-0.4, -0.2) is 35.0 Å². The molecule has 1 amide bonds. The van der Waals surface area contributed by atoms with Crippen LogP contribution >= 0.6 is 0 Å². The van der Waals surface area contributed by atoms with E-state index in [1.165, 1.54) is 0 Å². The number of nitrogens with zero attached hydrogens (tertiary/aromatic N) is 1. The van der Waals surface area contributed by atoms with Gasteiger partial charge in [0.1, 0.15) is 0 Å². The summed E-state index contributed by atoms with van der Waals surface area (Å²) in [5.74, 6) is -1.05. The molecule has 15 heavy (non-hydrogen) atoms. The highest BCUT2D eigenvalue weighted by Gasteiger charge is 2.36. The molecule has 84 valence electrons. The van der Waals surface area contributed by atoms with E-state index in [9.17, 15) is 9.59 Å². The third kappa shape index (κ3) is 2.81. The van der Waals surface area contributed by atoms with Crippen molar-refractivity contribution in [3.63, 3.8) is 0 Å². The molecule has 0 spiro atoms. The monoisotopic (exact) mass is 211 g/mol. The van der Waals surface area contributed by atoms with Gasteiger partial charge in [0, 0.05) is 25.1 Å². The zero-order valence-electron chi connectivity index (χ0n) is 9.36. The fourth-order valence-corrected chi connectivity index (χ4v) is 1.55. The number of hydrogen-bond donors (Lipinski definition) is 1. The topological polar surface area (TPSA) is 57.6 Å². The van der Waals surface area contributed by atoms with Gasteiger partial charge in [-0.1, -0.05) is 12.5 Å². The number of rotatable bonds is 3. The van der Waals surface area contributed by atoms with E-state index in [1.54, 1.807) is 17.9 Å². The van der Waals surface area contributed by atoms with Gasteiger partial charge in [0.2, 0.25) is 5.91 Å². The van der Waals surface area contributed by atoms with Crippen LogP contribution in [0.5, 0.6) is 0 Å². The minimum atomic E-state index is -0.783. The van der Waals surface area contributed by atoms with Crippen molar-refractivity contribution in [3.05, 3.63) is 11.6 Å². The van der Waals surface area contributed by atoms with E-state index in [-0.39, 0.29) is 17.7 Å². The molecule has 1 N–H and O–H groups in total. The molecule has 0 radical (unpaired) electrons. The second kappa shape index (κ2) is 4.47. The summed E-state index contributed by atoms with van der Waals surface area (Å²) in [5.41, 5.74) is 0.967. The fourth-order valence-electron chi connectivity index (χ4n) is 1.55. The lowest BCUT2D eigenvalue weighted by molar-refractivity contribution is -0.148. The molecular weight excluding hydrogens is 194 g/mol. The maximum Gasteiger partial charge on any atom is 0.306 e. The van der Waals surface area contributed by atoms with Crippen molar-refractivity contribution >= 4 is 11.9 Å². The van der Waals surface area contributed by atoms with E-state index in [2.05, 4.69) is 0 Å². The number of carbonyl (C=O) groups is 2. The van der Waals surface area contributed by atoms with Crippen molar-refractivity contribution in [1.82, 2.24) is 4.90 Å². The Morgan fingerprint density at radius 3 is 2.33 bits per heavy atom. The Morgan fingerprint density at radius 2 is 1.93 bits per heavy atom. The molecule has 0 saturated carbocycles. The first-order valence-corrected chi connectivity index (χ1v) is 5.08. The predicted molar refractivity (Wildman–Crippen MR) is 56.3 cm³/mol. The van der Waals surface area contributed by atoms with Crippen LogP contribution in [0.3, 0.4) is 0 Å². The summed E-state index contributed by atoms with van der Waals surface area (Å²) in [5, 5.41) is 8.77. The van der Waals surface area contributed by atoms with Crippen molar-refractivity contribution in [2.45, 2.75) is 20.8 Å². The number of likely N-dealkylation sites (tertiary alicyclic amines) is 1. The minimum Gasteiger partial charge on any atom is -0.481 e. The molecule has 0 aromatic rings. The summed E-state index contributed by atoms with van der Waals surface area (Å²) in [6.45, 7) is 6.56. The van der Waals surface area contributed by atoms with Gasteiger partial charge in [0.05, 0.1) is 5.92 Å². The van der Waals surface area contributed by atoms with Crippen LogP contribution in [0, 0.1) is 11.8 Å². The zero-order valence-corrected chi connectivity index (χ0v) is 9.36. The highest BCUT2D eigenvalue weighted by Crippen LogP contribution is 2.24. The Kier molecular flexibility index (Phi) is 3.50. The Morgan fingerprint density at radius 1 is 1.40 bits per heavy atom. The maximum atomic E-state index is 11.5. The standard InChI is InChI=1S/C11H17NO3/c1-7(2)4-10(13)12-5-9(6-12)8(3)11(14)15/h4,8-9H,5-6H2,1-3H3,(H,14,15). The number of hydrogen-bond acceptors (Lipinski definition) is 2. The minimum absolute atomic E-state index is 0.0103. The third-order valence-electron chi connectivity index (χ3n) is 2.73. The molecule has 1 saturated heterocycles. The summed E-state index contributed by atoms with van der Waals surface area (Å²) >= 11 is 0. The van der Waals surface area contributed by atoms with Crippen molar-refractivity contribution in [3.8, 4) is 0 Å². The molecule has 1 unspecified atom stereocenters. The highest BCUT2D eigenvalue weighted by molar-refractivity contribution is 5.89. The average molecular weight is 211 g/mol. The van der Waals surface area contributed by atoms with Gasteiger partial charge in [-0.15, -0.1) is 0 Å². The average Bonchev–Trinajstić information content (AvgIpc) is 1.99. The van der Waals surface area contributed by atoms with Crippen LogP contribution in [0.2, 0.25) is 0 Å². The van der Waals surface area contributed by atoms with E-state index in [0.29, 0.717) is 13.1 Å². The predicted octanol–water partition coefficient (Wildman–Crippen LogP) is 1.13. The molecule has 0 aromatic carbocycles. The Balaban J connectivity index is 2.41. The number of carboxylic acid groups (broad SMARTS) is 1. The number of aliphatic carboxylic acids is 1. The van der Waals surface area contributed by atoms with E-state index >= 15 is 0 Å². The maximum absolute atomic E-state index is 11.5. The summed E-state index contributed by atoms with van der Waals surface area (Å²) in [7, 11) is 0. The van der Waals surface area contributed by atoms with E-state index in [4.69, 9.17) is 5.11 Å². The lowest BCUT2D eigenvalue weighted by atomic mass is 9.87. The lowest BCUT2D eigenvalue weighted by Crippen LogP contribution is -2.53. The van der Waals surface area contributed by atoms with E-state index in [0.717, 1.165) is 5.57 Å². The number of carbonyl (C=O) groups excluding carboxylic acids is 1. The molecule has 0 bridgehead atoms. The van der Waals surface area contributed by atoms with Gasteiger partial charge in [0.25, 0.3) is 0 Å². The Hall–Kier alpha value is -1.32. The van der Waals surface area contributed by atoms with Gasteiger partial charge in [-0.05, 0) is 13.8 Å². The van der Waals surface area contributed by atoms with Crippen molar-refractivity contribution in [1.29, 1.82) is 0 Å². The molecule has 1 rings (SSSR count). The molecular formula is C11H17NO3. The molecule has 0 aromatic heterocycles. The van der Waals surface area contributed by atoms with Gasteiger partial charge < -0.3 is 10.0 Å². The molecule has 1 aliphatic heterocycles. The first-order chi connectivity index (χ1) is 6.91. The van der Waals surface area contributed by atoms with Crippen LogP contribution in [0.15, 0.2) is 11.6 Å². The van der Waals surface area contributed by atoms with E-state index < -0.39 is 5.97 Å². The molecule has 1 fully saturated rings. The van der Waals surface area contributed by atoms with Crippen molar-refractivity contribution in [2.75, 3.05) is 13.1 Å². The first kappa shape index (κ1) is 11.8. The summed E-state index contributed by atoms with van der Waals surface area (Å²) in [6, 6.07) is 0. The number of carboxylic acids is 1. The van der Waals surface area contributed by atoms with Gasteiger partial charge in [-0.25, -0.2) is 0 Å². The van der Waals surface area contributed by atoms with Crippen LogP contribution in [-0.2, 0) is 9.59 Å². The summed E-state index contributed by atoms with van der Waals surface area (Å²) in [6.07, 6.45) is 1.58. The molecule has 4 heteroatoms. The van der Waals surface area contributed by atoms with Gasteiger partial charge in [0.15, 0.2) is 0 Å². The highest BCUT2D eigenvalue weighted by atomic mass is 16.4. The van der Waals surface area contributed by atoms with Crippen molar-refractivity contribution < 1.29 is 14.7 Å². The lowest BCUT2D eigenvalue weighted by Gasteiger charge is -2.40. The normalized spacial score (nSPS) is 17.9. The molecule has 4 nitrogen and oxygen atoms in total. The largest absolute Gasteiger partial charge is 0.481 e. The molecule has 1 heterocycles. The smallest absolute Gasteiger partial charge is 0.306 e. The second-order valence-electron chi connectivity index (χ2n) is 4.35. The quantitative estimate of drug-likeness (QED) is 0.712. The Bertz CT molecular complexity index is 299. The number of allylic oxidation sites excluding steroid dienone is 1. The fraction of sp³-hybridized carbons (Fsp3) is 0.636. The third-order valence-corrected chi connectivity index (χ3v) is 2.73. The SMILES string of the molecule is CC(C)=CC(=O)N1CC(C(C)C(=O)O)C1.